The van der Waals surface area contributed by atoms with Crippen molar-refractivity contribution in [2.45, 2.75) is 44.7 Å². The lowest BCUT2D eigenvalue weighted by molar-refractivity contribution is -0.116. The van der Waals surface area contributed by atoms with Gasteiger partial charge in [0.05, 0.1) is 26.2 Å². The summed E-state index contributed by atoms with van der Waals surface area (Å²) in [5, 5.41) is 6.47. The first-order valence-electron chi connectivity index (χ1n) is 8.95. The van der Waals surface area contributed by atoms with Gasteiger partial charge in [0, 0.05) is 36.6 Å². The number of hydrogen-bond acceptors (Lipinski definition) is 5. The Morgan fingerprint density at radius 2 is 2.15 bits per heavy atom. The van der Waals surface area contributed by atoms with Gasteiger partial charge in [0.1, 0.15) is 17.3 Å². The third kappa shape index (κ3) is 4.19. The number of methoxy groups -OCH3 is 2. The van der Waals surface area contributed by atoms with E-state index in [9.17, 15) is 4.79 Å². The fraction of sp³-hybridized carbons (Fsp3) is 0.450. The SMILES string of the molecule is COc1ccc(OC)c(NC(=O)C[C@@H](C)N[C@@H]2CCCc3occc32)c1. The van der Waals surface area contributed by atoms with E-state index in [-0.39, 0.29) is 18.0 Å². The van der Waals surface area contributed by atoms with Crippen LogP contribution in [0.5, 0.6) is 11.5 Å². The zero-order valence-electron chi connectivity index (χ0n) is 15.5. The Kier molecular flexibility index (Phi) is 5.83. The Labute approximate surface area is 153 Å². The van der Waals surface area contributed by atoms with Gasteiger partial charge < -0.3 is 24.5 Å². The molecule has 0 radical (unpaired) electrons. The molecule has 1 amide bonds. The highest BCUT2D eigenvalue weighted by molar-refractivity contribution is 5.92. The molecule has 140 valence electrons. The van der Waals surface area contributed by atoms with Gasteiger partial charge in [-0.15, -0.1) is 0 Å². The van der Waals surface area contributed by atoms with E-state index in [1.165, 1.54) is 5.56 Å². The minimum absolute atomic E-state index is 0.0393. The molecule has 26 heavy (non-hydrogen) atoms. The van der Waals surface area contributed by atoms with E-state index in [1.807, 2.05) is 13.0 Å². The fourth-order valence-corrected chi connectivity index (χ4v) is 3.45. The zero-order valence-corrected chi connectivity index (χ0v) is 15.5. The van der Waals surface area contributed by atoms with Crippen molar-refractivity contribution in [2.24, 2.45) is 0 Å². The first kappa shape index (κ1) is 18.3. The maximum Gasteiger partial charge on any atom is 0.226 e. The Balaban J connectivity index is 1.59. The summed E-state index contributed by atoms with van der Waals surface area (Å²) in [6.45, 7) is 2.02. The van der Waals surface area contributed by atoms with Crippen molar-refractivity contribution in [2.75, 3.05) is 19.5 Å². The molecule has 3 rings (SSSR count). The van der Waals surface area contributed by atoms with Crippen LogP contribution in [0.15, 0.2) is 34.9 Å². The molecule has 0 aliphatic heterocycles. The van der Waals surface area contributed by atoms with Crippen molar-refractivity contribution in [3.05, 3.63) is 41.9 Å². The van der Waals surface area contributed by atoms with Crippen molar-refractivity contribution < 1.29 is 18.7 Å². The standard InChI is InChI=1S/C20H26N2O4/c1-13(21-16-5-4-6-18-15(16)9-10-26-18)11-20(23)22-17-12-14(24-2)7-8-19(17)25-3/h7-10,12-13,16,21H,4-6,11H2,1-3H3,(H,22,23)/t13-,16-/m1/s1. The lowest BCUT2D eigenvalue weighted by Crippen LogP contribution is -2.35. The van der Waals surface area contributed by atoms with Crippen LogP contribution in [0.4, 0.5) is 5.69 Å². The topological polar surface area (TPSA) is 72.7 Å². The van der Waals surface area contributed by atoms with Crippen LogP contribution in [0.2, 0.25) is 0 Å². The molecule has 0 spiro atoms. The van der Waals surface area contributed by atoms with Crippen molar-refractivity contribution in [1.82, 2.24) is 5.32 Å². The van der Waals surface area contributed by atoms with Gasteiger partial charge >= 0.3 is 0 Å². The maximum atomic E-state index is 12.5. The van der Waals surface area contributed by atoms with Crippen LogP contribution < -0.4 is 20.1 Å². The normalized spacial score (nSPS) is 17.3. The number of aryl methyl sites for hydroxylation is 1. The Hall–Kier alpha value is -2.47. The van der Waals surface area contributed by atoms with Crippen molar-refractivity contribution in [3.63, 3.8) is 0 Å². The first-order chi connectivity index (χ1) is 12.6. The van der Waals surface area contributed by atoms with Crippen LogP contribution in [0.25, 0.3) is 0 Å². The number of benzene rings is 1. The summed E-state index contributed by atoms with van der Waals surface area (Å²) in [7, 11) is 3.17. The molecule has 0 saturated carbocycles. The van der Waals surface area contributed by atoms with Crippen LogP contribution in [0.3, 0.4) is 0 Å². The number of fused-ring (bicyclic) bond motifs is 1. The van der Waals surface area contributed by atoms with Crippen LogP contribution in [0, 0.1) is 0 Å². The third-order valence-electron chi connectivity index (χ3n) is 4.71. The summed E-state index contributed by atoms with van der Waals surface area (Å²) in [6, 6.07) is 7.64. The van der Waals surface area contributed by atoms with E-state index < -0.39 is 0 Å². The minimum Gasteiger partial charge on any atom is -0.497 e. The van der Waals surface area contributed by atoms with Gasteiger partial charge in [0.25, 0.3) is 0 Å². The number of amides is 1. The van der Waals surface area contributed by atoms with Gasteiger partial charge in [-0.2, -0.15) is 0 Å². The van der Waals surface area contributed by atoms with E-state index in [0.29, 0.717) is 23.6 Å². The summed E-state index contributed by atoms with van der Waals surface area (Å²) in [5.41, 5.74) is 1.83. The van der Waals surface area contributed by atoms with Gasteiger partial charge in [-0.1, -0.05) is 0 Å². The second-order valence-corrected chi connectivity index (χ2v) is 6.63. The first-order valence-corrected chi connectivity index (χ1v) is 8.95. The van der Waals surface area contributed by atoms with Gasteiger partial charge in [0.15, 0.2) is 0 Å². The lowest BCUT2D eigenvalue weighted by atomic mass is 9.92. The number of carbonyl (C=O) groups excluding carboxylic acids is 1. The predicted molar refractivity (Wildman–Crippen MR) is 99.8 cm³/mol. The molecule has 6 heteroatoms. The molecule has 6 nitrogen and oxygen atoms in total. The second kappa shape index (κ2) is 8.27. The van der Waals surface area contributed by atoms with E-state index in [0.717, 1.165) is 25.0 Å². The number of rotatable bonds is 7. The van der Waals surface area contributed by atoms with Crippen molar-refractivity contribution >= 4 is 11.6 Å². The molecular weight excluding hydrogens is 332 g/mol. The lowest BCUT2D eigenvalue weighted by Gasteiger charge is -2.26. The van der Waals surface area contributed by atoms with Crippen molar-refractivity contribution in [1.29, 1.82) is 0 Å². The average Bonchev–Trinajstić information content (AvgIpc) is 3.11. The second-order valence-electron chi connectivity index (χ2n) is 6.63. The fourth-order valence-electron chi connectivity index (χ4n) is 3.45. The number of nitrogens with one attached hydrogen (secondary N) is 2. The minimum atomic E-state index is -0.0696. The molecule has 0 fully saturated rings. The number of ether oxygens (including phenoxy) is 2. The quantitative estimate of drug-likeness (QED) is 0.790. The van der Waals surface area contributed by atoms with E-state index >= 15 is 0 Å². The summed E-state index contributed by atoms with van der Waals surface area (Å²) < 4.78 is 16.1. The Morgan fingerprint density at radius 3 is 2.92 bits per heavy atom. The van der Waals surface area contributed by atoms with E-state index in [4.69, 9.17) is 13.9 Å². The number of furan rings is 1. The number of anilines is 1. The molecule has 2 aromatic rings. The Bertz CT molecular complexity index is 756. The van der Waals surface area contributed by atoms with Gasteiger partial charge in [-0.25, -0.2) is 0 Å². The summed E-state index contributed by atoms with van der Waals surface area (Å²) in [6.07, 6.45) is 5.26. The molecule has 1 aliphatic rings. The monoisotopic (exact) mass is 358 g/mol. The summed E-state index contributed by atoms with van der Waals surface area (Å²) in [5.74, 6) is 2.27. The average molecular weight is 358 g/mol. The highest BCUT2D eigenvalue weighted by Gasteiger charge is 2.24. The van der Waals surface area contributed by atoms with E-state index in [1.54, 1.807) is 38.7 Å². The number of carbonyl (C=O) groups is 1. The predicted octanol–water partition coefficient (Wildman–Crippen LogP) is 3.68. The maximum absolute atomic E-state index is 12.5. The molecule has 2 N–H and O–H groups in total. The molecule has 0 saturated heterocycles. The molecule has 1 aromatic heterocycles. The molecule has 0 unspecified atom stereocenters. The molecule has 0 bridgehead atoms. The van der Waals surface area contributed by atoms with Gasteiger partial charge in [0.2, 0.25) is 5.91 Å². The van der Waals surface area contributed by atoms with Crippen LogP contribution in [-0.2, 0) is 11.2 Å². The van der Waals surface area contributed by atoms with Crippen LogP contribution >= 0.6 is 0 Å². The van der Waals surface area contributed by atoms with Gasteiger partial charge in [-0.05, 0) is 38.0 Å². The largest absolute Gasteiger partial charge is 0.497 e. The smallest absolute Gasteiger partial charge is 0.226 e. The highest BCUT2D eigenvalue weighted by Crippen LogP contribution is 2.31. The van der Waals surface area contributed by atoms with Crippen molar-refractivity contribution in [3.8, 4) is 11.5 Å². The highest BCUT2D eigenvalue weighted by atomic mass is 16.5. The third-order valence-corrected chi connectivity index (χ3v) is 4.71. The van der Waals surface area contributed by atoms with E-state index in [2.05, 4.69) is 10.6 Å². The summed E-state index contributed by atoms with van der Waals surface area (Å²) in [4.78, 5) is 12.5. The Morgan fingerprint density at radius 1 is 1.31 bits per heavy atom. The zero-order chi connectivity index (χ0) is 18.5. The van der Waals surface area contributed by atoms with Crippen LogP contribution in [0.1, 0.15) is 43.6 Å². The molecule has 1 heterocycles. The molecule has 2 atom stereocenters. The van der Waals surface area contributed by atoms with Crippen LogP contribution in [-0.4, -0.2) is 26.2 Å². The molecule has 1 aliphatic carbocycles. The summed E-state index contributed by atoms with van der Waals surface area (Å²) >= 11 is 0. The van der Waals surface area contributed by atoms with Gasteiger partial charge in [-0.3, -0.25) is 4.79 Å². The molecule has 1 aromatic carbocycles. The number of hydrogen-bond donors (Lipinski definition) is 2. The molecular formula is C20H26N2O4.